The summed E-state index contributed by atoms with van der Waals surface area (Å²) in [6, 6.07) is 1.60. The monoisotopic (exact) mass is 201 g/mol. The number of aryl methyl sites for hydroxylation is 1. The van der Waals surface area contributed by atoms with Gasteiger partial charge in [-0.25, -0.2) is 8.42 Å². The Morgan fingerprint density at radius 3 is 2.54 bits per heavy atom. The van der Waals surface area contributed by atoms with Crippen LogP contribution in [0.2, 0.25) is 0 Å². The van der Waals surface area contributed by atoms with E-state index < -0.39 is 15.6 Å². The zero-order valence-electron chi connectivity index (χ0n) is 7.52. The molecule has 0 aliphatic carbocycles. The van der Waals surface area contributed by atoms with Crippen molar-refractivity contribution in [2.75, 3.05) is 12.0 Å². The molecule has 0 aliphatic rings. The quantitative estimate of drug-likeness (QED) is 0.659. The number of Topliss-reactive ketones (excluding diaryl/α,β-unsaturated/α-hetero) is 1. The topological polar surface area (TPSA) is 56.1 Å². The second kappa shape index (κ2) is 3.33. The van der Waals surface area contributed by atoms with Crippen molar-refractivity contribution in [2.24, 2.45) is 7.05 Å². The molecule has 0 fully saturated rings. The van der Waals surface area contributed by atoms with Crippen LogP contribution in [-0.4, -0.2) is 30.8 Å². The van der Waals surface area contributed by atoms with Gasteiger partial charge >= 0.3 is 0 Å². The lowest BCUT2D eigenvalue weighted by Crippen LogP contribution is -2.13. The van der Waals surface area contributed by atoms with E-state index in [2.05, 4.69) is 0 Å². The van der Waals surface area contributed by atoms with Crippen molar-refractivity contribution in [1.82, 2.24) is 4.57 Å². The molecule has 1 heterocycles. The average molecular weight is 201 g/mol. The fourth-order valence-electron chi connectivity index (χ4n) is 0.990. The van der Waals surface area contributed by atoms with Crippen LogP contribution in [0, 0.1) is 0 Å². The third-order valence-electron chi connectivity index (χ3n) is 1.55. The lowest BCUT2D eigenvalue weighted by atomic mass is 10.2. The van der Waals surface area contributed by atoms with E-state index in [4.69, 9.17) is 0 Å². The van der Waals surface area contributed by atoms with Crippen LogP contribution in [0.15, 0.2) is 18.5 Å². The molecular weight excluding hydrogens is 190 g/mol. The number of aromatic nitrogens is 1. The van der Waals surface area contributed by atoms with Crippen molar-refractivity contribution < 1.29 is 13.2 Å². The molecule has 13 heavy (non-hydrogen) atoms. The first-order valence-electron chi connectivity index (χ1n) is 3.71. The van der Waals surface area contributed by atoms with Crippen molar-refractivity contribution in [3.05, 3.63) is 24.0 Å². The summed E-state index contributed by atoms with van der Waals surface area (Å²) >= 11 is 0. The van der Waals surface area contributed by atoms with Gasteiger partial charge in [0.2, 0.25) is 0 Å². The number of carbonyl (C=O) groups is 1. The number of hydrogen-bond acceptors (Lipinski definition) is 3. The van der Waals surface area contributed by atoms with Gasteiger partial charge in [0.05, 0.1) is 0 Å². The molecule has 0 aliphatic heterocycles. The summed E-state index contributed by atoms with van der Waals surface area (Å²) in [6.45, 7) is 0. The Kier molecular flexibility index (Phi) is 2.56. The Labute approximate surface area is 77.1 Å². The molecule has 0 bridgehead atoms. The van der Waals surface area contributed by atoms with Gasteiger partial charge in [0, 0.05) is 31.3 Å². The first kappa shape index (κ1) is 9.98. The van der Waals surface area contributed by atoms with Gasteiger partial charge in [0.25, 0.3) is 0 Å². The minimum Gasteiger partial charge on any atom is -0.357 e. The summed E-state index contributed by atoms with van der Waals surface area (Å²) in [6.07, 6.45) is 4.36. The highest BCUT2D eigenvalue weighted by Crippen LogP contribution is 2.02. The van der Waals surface area contributed by atoms with Crippen molar-refractivity contribution >= 4 is 15.6 Å². The fourth-order valence-corrected chi connectivity index (χ4v) is 1.63. The van der Waals surface area contributed by atoms with Gasteiger partial charge in [-0.3, -0.25) is 4.79 Å². The van der Waals surface area contributed by atoms with E-state index in [1.165, 1.54) is 0 Å². The molecule has 0 unspecified atom stereocenters. The molecule has 1 rings (SSSR count). The molecule has 1 aromatic rings. The summed E-state index contributed by atoms with van der Waals surface area (Å²) in [4.78, 5) is 11.3. The molecule has 0 saturated heterocycles. The molecule has 0 N–H and O–H groups in total. The van der Waals surface area contributed by atoms with E-state index in [-0.39, 0.29) is 5.78 Å². The fraction of sp³-hybridized carbons (Fsp3) is 0.375. The molecule has 5 heteroatoms. The third-order valence-corrected chi connectivity index (χ3v) is 2.33. The summed E-state index contributed by atoms with van der Waals surface area (Å²) in [7, 11) is -1.45. The molecule has 0 amide bonds. The second-order valence-corrected chi connectivity index (χ2v) is 5.20. The van der Waals surface area contributed by atoms with Gasteiger partial charge in [-0.1, -0.05) is 0 Å². The lowest BCUT2D eigenvalue weighted by molar-refractivity contribution is 0.102. The highest BCUT2D eigenvalue weighted by atomic mass is 32.2. The van der Waals surface area contributed by atoms with Crippen LogP contribution in [0.5, 0.6) is 0 Å². The molecule has 0 spiro atoms. The van der Waals surface area contributed by atoms with Crippen LogP contribution in [-0.2, 0) is 16.9 Å². The van der Waals surface area contributed by atoms with Gasteiger partial charge in [0.1, 0.15) is 5.75 Å². The maximum atomic E-state index is 11.3. The standard InChI is InChI=1S/C8H11NO3S/c1-9-4-3-7(5-9)8(10)6-13(2,11)12/h3-5H,6H2,1-2H3. The summed E-state index contributed by atoms with van der Waals surface area (Å²) in [5, 5.41) is 0. The first-order chi connectivity index (χ1) is 5.88. The maximum absolute atomic E-state index is 11.3. The van der Waals surface area contributed by atoms with E-state index >= 15 is 0 Å². The zero-order chi connectivity index (χ0) is 10.1. The molecular formula is C8H11NO3S. The normalized spacial score (nSPS) is 11.5. The Morgan fingerprint density at radius 1 is 1.54 bits per heavy atom. The number of ketones is 1. The molecule has 0 saturated carbocycles. The van der Waals surface area contributed by atoms with Gasteiger partial charge in [0.15, 0.2) is 15.6 Å². The molecule has 0 atom stereocenters. The smallest absolute Gasteiger partial charge is 0.179 e. The van der Waals surface area contributed by atoms with Crippen molar-refractivity contribution in [1.29, 1.82) is 0 Å². The second-order valence-electron chi connectivity index (χ2n) is 3.06. The van der Waals surface area contributed by atoms with Crippen molar-refractivity contribution in [3.63, 3.8) is 0 Å². The van der Waals surface area contributed by atoms with E-state index in [1.807, 2.05) is 0 Å². The Balaban J connectivity index is 2.81. The van der Waals surface area contributed by atoms with E-state index in [0.717, 1.165) is 6.26 Å². The third kappa shape index (κ3) is 3.02. The van der Waals surface area contributed by atoms with Gasteiger partial charge in [-0.05, 0) is 6.07 Å². The number of nitrogens with zero attached hydrogens (tertiary/aromatic N) is 1. The Bertz CT molecular complexity index is 416. The summed E-state index contributed by atoms with van der Waals surface area (Å²) in [5.74, 6) is -0.778. The van der Waals surface area contributed by atoms with Gasteiger partial charge in [-0.15, -0.1) is 0 Å². The number of hydrogen-bond donors (Lipinski definition) is 0. The number of sulfone groups is 1. The van der Waals surface area contributed by atoms with Gasteiger partial charge < -0.3 is 4.57 Å². The molecule has 1 aromatic heterocycles. The molecule has 0 radical (unpaired) electrons. The zero-order valence-corrected chi connectivity index (χ0v) is 8.34. The van der Waals surface area contributed by atoms with Crippen LogP contribution in [0.4, 0.5) is 0 Å². The minimum absolute atomic E-state index is 0.358. The summed E-state index contributed by atoms with van der Waals surface area (Å²) < 4.78 is 23.3. The molecule has 0 aromatic carbocycles. The Morgan fingerprint density at radius 2 is 2.15 bits per heavy atom. The molecule has 72 valence electrons. The Hall–Kier alpha value is -1.10. The highest BCUT2D eigenvalue weighted by molar-refractivity contribution is 7.91. The van der Waals surface area contributed by atoms with Crippen molar-refractivity contribution in [2.45, 2.75) is 0 Å². The van der Waals surface area contributed by atoms with Crippen LogP contribution in [0.25, 0.3) is 0 Å². The van der Waals surface area contributed by atoms with Crippen LogP contribution in [0.3, 0.4) is 0 Å². The maximum Gasteiger partial charge on any atom is 0.179 e. The summed E-state index contributed by atoms with van der Waals surface area (Å²) in [5.41, 5.74) is 0.438. The SMILES string of the molecule is Cn1ccc(C(=O)CS(C)(=O)=O)c1. The van der Waals surface area contributed by atoms with Crippen molar-refractivity contribution in [3.8, 4) is 0 Å². The lowest BCUT2D eigenvalue weighted by Gasteiger charge is -1.94. The molecule has 4 nitrogen and oxygen atoms in total. The van der Waals surface area contributed by atoms with E-state index in [0.29, 0.717) is 5.56 Å². The number of carbonyl (C=O) groups excluding carboxylic acids is 1. The number of rotatable bonds is 3. The van der Waals surface area contributed by atoms with E-state index in [9.17, 15) is 13.2 Å². The highest BCUT2D eigenvalue weighted by Gasteiger charge is 2.13. The average Bonchev–Trinajstić information content (AvgIpc) is 2.31. The van der Waals surface area contributed by atoms with Crippen LogP contribution >= 0.6 is 0 Å². The predicted octanol–water partition coefficient (Wildman–Crippen LogP) is 0.252. The minimum atomic E-state index is -3.22. The van der Waals surface area contributed by atoms with Crippen LogP contribution < -0.4 is 0 Å². The van der Waals surface area contributed by atoms with E-state index in [1.54, 1.807) is 30.1 Å². The van der Waals surface area contributed by atoms with Crippen LogP contribution in [0.1, 0.15) is 10.4 Å². The largest absolute Gasteiger partial charge is 0.357 e. The predicted molar refractivity (Wildman–Crippen MR) is 49.5 cm³/mol. The van der Waals surface area contributed by atoms with Gasteiger partial charge in [-0.2, -0.15) is 0 Å². The first-order valence-corrected chi connectivity index (χ1v) is 5.77.